The Morgan fingerprint density at radius 2 is 1.66 bits per heavy atom. The Balaban J connectivity index is 1.17. The number of carbonyl (C=O) groups is 2. The molecule has 0 aliphatic rings. The van der Waals surface area contributed by atoms with Crippen LogP contribution in [0, 0.1) is 13.8 Å². The third-order valence-electron chi connectivity index (χ3n) is 6.45. The predicted octanol–water partition coefficient (Wildman–Crippen LogP) is 8.17. The zero-order valence-electron chi connectivity index (χ0n) is 23.8. The highest BCUT2D eigenvalue weighted by atomic mass is 79.9. The van der Waals surface area contributed by atoms with E-state index in [0.717, 1.165) is 27.1 Å². The normalized spacial score (nSPS) is 11.3. The number of amides is 1. The first kappa shape index (κ1) is 30.8. The van der Waals surface area contributed by atoms with Crippen LogP contribution in [0.15, 0.2) is 116 Å². The number of hydrazone groups is 1. The molecule has 0 aliphatic carbocycles. The molecular weight excluding hydrogens is 690 g/mol. The molecule has 0 saturated heterocycles. The highest BCUT2D eigenvalue weighted by molar-refractivity contribution is 9.11. The fraction of sp³-hybridized carbons (Fsp3) is 0.0882. The van der Waals surface area contributed by atoms with Gasteiger partial charge in [-0.1, -0.05) is 46.3 Å². The molecular formula is C34H27Br2N3O5. The first-order chi connectivity index (χ1) is 21.3. The van der Waals surface area contributed by atoms with E-state index >= 15 is 0 Å². The van der Waals surface area contributed by atoms with Gasteiger partial charge in [-0.15, -0.1) is 0 Å². The summed E-state index contributed by atoms with van der Waals surface area (Å²) in [6.07, 6.45) is 4.38. The number of hydrogen-bond acceptors (Lipinski definition) is 6. The topological polar surface area (TPSA) is 95.1 Å². The molecule has 0 bridgehead atoms. The summed E-state index contributed by atoms with van der Waals surface area (Å²) in [5.41, 5.74) is 7.12. The molecule has 10 heteroatoms. The average Bonchev–Trinajstić information content (AvgIpc) is 3.63. The molecule has 222 valence electrons. The van der Waals surface area contributed by atoms with Crippen LogP contribution in [-0.2, 0) is 11.4 Å². The highest BCUT2D eigenvalue weighted by Crippen LogP contribution is 2.32. The quantitative estimate of drug-likeness (QED) is 0.0517. The second kappa shape index (κ2) is 14.2. The summed E-state index contributed by atoms with van der Waals surface area (Å²) < 4.78 is 20.5. The molecule has 1 amide bonds. The smallest absolute Gasteiger partial charge is 0.336 e. The van der Waals surface area contributed by atoms with Gasteiger partial charge in [0.05, 0.1) is 10.7 Å². The third-order valence-corrected chi connectivity index (χ3v) is 7.50. The molecule has 3 aromatic carbocycles. The monoisotopic (exact) mass is 715 g/mol. The molecule has 0 unspecified atom stereocenters. The predicted molar refractivity (Wildman–Crippen MR) is 176 cm³/mol. The molecule has 0 fully saturated rings. The lowest BCUT2D eigenvalue weighted by atomic mass is 10.2. The van der Waals surface area contributed by atoms with E-state index < -0.39 is 11.9 Å². The number of esters is 1. The maximum absolute atomic E-state index is 12.7. The van der Waals surface area contributed by atoms with Crippen molar-refractivity contribution in [3.05, 3.63) is 140 Å². The van der Waals surface area contributed by atoms with E-state index in [9.17, 15) is 9.59 Å². The Labute approximate surface area is 271 Å². The van der Waals surface area contributed by atoms with Crippen LogP contribution in [0.2, 0.25) is 0 Å². The SMILES string of the molecule is Cc1ccc(C)n1-c1ccc(OCc2ccc(C(=O)N/N=C\c3cc(Br)cc(Br)c3OC(=O)/C=C/c3ccccc3)o2)cc1. The van der Waals surface area contributed by atoms with Gasteiger partial charge >= 0.3 is 11.9 Å². The van der Waals surface area contributed by atoms with E-state index in [1.807, 2.05) is 54.6 Å². The van der Waals surface area contributed by atoms with E-state index in [2.05, 4.69) is 72.9 Å². The van der Waals surface area contributed by atoms with Crippen molar-refractivity contribution in [2.24, 2.45) is 5.10 Å². The molecule has 1 N–H and O–H groups in total. The minimum absolute atomic E-state index is 0.0720. The number of halogens is 2. The number of carbonyl (C=O) groups excluding carboxylic acids is 2. The van der Waals surface area contributed by atoms with Gasteiger partial charge in [0, 0.05) is 33.2 Å². The van der Waals surface area contributed by atoms with Crippen LogP contribution in [0.25, 0.3) is 11.8 Å². The second-order valence-corrected chi connectivity index (χ2v) is 11.4. The van der Waals surface area contributed by atoms with Crippen molar-refractivity contribution in [2.75, 3.05) is 0 Å². The zero-order chi connectivity index (χ0) is 31.1. The summed E-state index contributed by atoms with van der Waals surface area (Å²) in [5, 5.41) is 4.04. The summed E-state index contributed by atoms with van der Waals surface area (Å²) >= 11 is 6.85. The number of aromatic nitrogens is 1. The van der Waals surface area contributed by atoms with Gasteiger partial charge in [0.15, 0.2) is 11.5 Å². The Hall–Kier alpha value is -4.67. The molecule has 8 nitrogen and oxygen atoms in total. The zero-order valence-corrected chi connectivity index (χ0v) is 27.0. The Morgan fingerprint density at radius 3 is 2.39 bits per heavy atom. The van der Waals surface area contributed by atoms with Gasteiger partial charge in [-0.25, -0.2) is 10.2 Å². The molecule has 0 saturated carbocycles. The summed E-state index contributed by atoms with van der Waals surface area (Å²) in [5.74, 6) is 0.362. The Morgan fingerprint density at radius 1 is 0.932 bits per heavy atom. The molecule has 5 rings (SSSR count). The molecule has 0 aliphatic heterocycles. The second-order valence-electron chi connectivity index (χ2n) is 9.67. The lowest BCUT2D eigenvalue weighted by molar-refractivity contribution is -0.128. The van der Waals surface area contributed by atoms with Crippen molar-refractivity contribution >= 4 is 56.0 Å². The standard InChI is InChI=1S/C34H27Br2N3O5/c1-22-8-9-23(2)39(22)27-11-13-28(14-12-27)42-21-29-15-16-31(43-29)34(41)38-37-20-25-18-26(35)19-30(36)33(25)44-32(40)17-10-24-6-4-3-5-7-24/h3-20H,21H2,1-2H3,(H,38,41)/b17-10+,37-20-. The van der Waals surface area contributed by atoms with Crippen molar-refractivity contribution in [2.45, 2.75) is 20.5 Å². The molecule has 5 aromatic rings. The number of benzene rings is 3. The van der Waals surface area contributed by atoms with Gasteiger partial charge in [0.1, 0.15) is 18.1 Å². The number of nitrogens with zero attached hydrogens (tertiary/aromatic N) is 2. The van der Waals surface area contributed by atoms with Crippen molar-refractivity contribution in [1.82, 2.24) is 9.99 Å². The Kier molecular flexibility index (Phi) is 9.93. The number of furan rings is 1. The van der Waals surface area contributed by atoms with Crippen LogP contribution in [0.3, 0.4) is 0 Å². The van der Waals surface area contributed by atoms with E-state index in [4.69, 9.17) is 13.9 Å². The van der Waals surface area contributed by atoms with Gasteiger partial charge in [-0.05, 0) is 102 Å². The van der Waals surface area contributed by atoms with Crippen LogP contribution in [0.5, 0.6) is 11.5 Å². The molecule has 0 spiro atoms. The van der Waals surface area contributed by atoms with Crippen molar-refractivity contribution < 1.29 is 23.5 Å². The lowest BCUT2D eigenvalue weighted by Gasteiger charge is -2.10. The lowest BCUT2D eigenvalue weighted by Crippen LogP contribution is -2.17. The fourth-order valence-corrected chi connectivity index (χ4v) is 5.70. The molecule has 0 atom stereocenters. The van der Waals surface area contributed by atoms with Crippen LogP contribution >= 0.6 is 31.9 Å². The first-order valence-electron chi connectivity index (χ1n) is 13.5. The van der Waals surface area contributed by atoms with E-state index in [0.29, 0.717) is 21.5 Å². The minimum Gasteiger partial charge on any atom is -0.486 e. The van der Waals surface area contributed by atoms with Crippen LogP contribution in [0.1, 0.15) is 38.8 Å². The number of hydrogen-bond donors (Lipinski definition) is 1. The first-order valence-corrected chi connectivity index (χ1v) is 15.1. The van der Waals surface area contributed by atoms with E-state index in [-0.39, 0.29) is 18.1 Å². The number of nitrogens with one attached hydrogen (secondary N) is 1. The van der Waals surface area contributed by atoms with Gasteiger partial charge < -0.3 is 18.5 Å². The minimum atomic E-state index is -0.567. The van der Waals surface area contributed by atoms with Gasteiger partial charge in [0.25, 0.3) is 0 Å². The number of aryl methyl sites for hydroxylation is 2. The number of ether oxygens (including phenoxy) is 2. The van der Waals surface area contributed by atoms with Gasteiger partial charge in [0.2, 0.25) is 0 Å². The van der Waals surface area contributed by atoms with E-state index in [1.165, 1.54) is 12.3 Å². The van der Waals surface area contributed by atoms with Crippen LogP contribution in [-0.4, -0.2) is 22.7 Å². The van der Waals surface area contributed by atoms with Crippen molar-refractivity contribution in [3.63, 3.8) is 0 Å². The molecule has 2 heterocycles. The molecule has 44 heavy (non-hydrogen) atoms. The summed E-state index contributed by atoms with van der Waals surface area (Å²) in [7, 11) is 0. The summed E-state index contributed by atoms with van der Waals surface area (Å²) in [4.78, 5) is 25.2. The van der Waals surface area contributed by atoms with Crippen molar-refractivity contribution in [3.8, 4) is 17.2 Å². The maximum Gasteiger partial charge on any atom is 0.336 e. The summed E-state index contributed by atoms with van der Waals surface area (Å²) in [6.45, 7) is 4.28. The fourth-order valence-electron chi connectivity index (χ4n) is 4.36. The Bertz CT molecular complexity index is 1820. The van der Waals surface area contributed by atoms with Crippen molar-refractivity contribution in [1.29, 1.82) is 0 Å². The van der Waals surface area contributed by atoms with Crippen LogP contribution < -0.4 is 14.9 Å². The van der Waals surface area contributed by atoms with Gasteiger partial charge in [-0.2, -0.15) is 5.10 Å². The summed E-state index contributed by atoms with van der Waals surface area (Å²) in [6, 6.07) is 28.0. The molecule has 0 radical (unpaired) electrons. The maximum atomic E-state index is 12.7. The highest BCUT2D eigenvalue weighted by Gasteiger charge is 2.14. The largest absolute Gasteiger partial charge is 0.486 e. The van der Waals surface area contributed by atoms with E-state index in [1.54, 1.807) is 30.3 Å². The van der Waals surface area contributed by atoms with Gasteiger partial charge in [-0.3, -0.25) is 4.79 Å². The average molecular weight is 717 g/mol. The number of rotatable bonds is 10. The molecule has 2 aromatic heterocycles. The third kappa shape index (κ3) is 7.83. The van der Waals surface area contributed by atoms with Crippen LogP contribution in [0.4, 0.5) is 0 Å².